The van der Waals surface area contributed by atoms with Gasteiger partial charge in [0.25, 0.3) is 0 Å². The number of aromatic nitrogens is 5. The molecule has 0 aliphatic heterocycles. The van der Waals surface area contributed by atoms with Crippen LogP contribution >= 0.6 is 0 Å². The molecule has 209 valence electrons. The van der Waals surface area contributed by atoms with Crippen LogP contribution in [0.1, 0.15) is 24.8 Å². The number of esters is 1. The van der Waals surface area contributed by atoms with Gasteiger partial charge < -0.3 is 14.2 Å². The van der Waals surface area contributed by atoms with E-state index in [1.54, 1.807) is 18.5 Å². The molecule has 3 heterocycles. The van der Waals surface area contributed by atoms with Gasteiger partial charge in [-0.25, -0.2) is 18.1 Å². The van der Waals surface area contributed by atoms with Gasteiger partial charge in [0.1, 0.15) is 18.8 Å². The molecule has 0 bridgehead atoms. The second-order valence-corrected chi connectivity index (χ2v) is 15.0. The first-order valence-corrected chi connectivity index (χ1v) is 17.3. The normalized spacial score (nSPS) is 14.7. The molecule has 1 aliphatic rings. The standard InChI is InChI=1S/C26H34N5O6SSi/c1-18-13-22(37-16-26(9-6-10-26)24(32)35-2)28-15-20(18)21-8-7-19(14-27-21)23-29-25(38(3,33)34)31(30-23)17-36-11-12-39(4)5/h7-8,13-15H,6,9-12,16-17H2,1-5H3. The van der Waals surface area contributed by atoms with Crippen LogP contribution < -0.4 is 4.74 Å². The first kappa shape index (κ1) is 28.8. The number of hydrogen-bond acceptors (Lipinski definition) is 10. The van der Waals surface area contributed by atoms with Crippen molar-refractivity contribution in [3.8, 4) is 28.5 Å². The number of carbonyl (C=O) groups excluding carboxylic acids is 1. The Morgan fingerprint density at radius 3 is 2.51 bits per heavy atom. The van der Waals surface area contributed by atoms with Gasteiger partial charge in [0, 0.05) is 51.2 Å². The van der Waals surface area contributed by atoms with Gasteiger partial charge in [0.05, 0.1) is 12.8 Å². The number of hydrogen-bond donors (Lipinski definition) is 0. The summed E-state index contributed by atoms with van der Waals surface area (Å²) in [4.78, 5) is 25.4. The van der Waals surface area contributed by atoms with Crippen LogP contribution in [0, 0.1) is 12.3 Å². The van der Waals surface area contributed by atoms with Gasteiger partial charge in [-0.2, -0.15) is 4.98 Å². The Labute approximate surface area is 230 Å². The lowest BCUT2D eigenvalue weighted by Crippen LogP contribution is -2.44. The number of rotatable bonds is 12. The summed E-state index contributed by atoms with van der Waals surface area (Å²) in [5.74, 6) is 0.445. The van der Waals surface area contributed by atoms with E-state index >= 15 is 0 Å². The molecule has 0 aromatic carbocycles. The number of aryl methyl sites for hydroxylation is 1. The van der Waals surface area contributed by atoms with Gasteiger partial charge in [-0.1, -0.05) is 19.5 Å². The van der Waals surface area contributed by atoms with Crippen LogP contribution in [0.4, 0.5) is 0 Å². The smallest absolute Gasteiger partial charge is 0.315 e. The highest BCUT2D eigenvalue weighted by molar-refractivity contribution is 7.90. The van der Waals surface area contributed by atoms with Crippen LogP contribution in [0.15, 0.2) is 35.7 Å². The Kier molecular flexibility index (Phi) is 8.82. The average Bonchev–Trinajstić information content (AvgIpc) is 3.31. The molecule has 0 saturated heterocycles. The number of nitrogens with zero attached hydrogens (tertiary/aromatic N) is 5. The van der Waals surface area contributed by atoms with Gasteiger partial charge in [-0.15, -0.1) is 5.10 Å². The van der Waals surface area contributed by atoms with E-state index in [9.17, 15) is 13.2 Å². The lowest BCUT2D eigenvalue weighted by molar-refractivity contribution is -0.161. The summed E-state index contributed by atoms with van der Waals surface area (Å²) < 4.78 is 42.3. The summed E-state index contributed by atoms with van der Waals surface area (Å²) in [5.41, 5.74) is 2.40. The van der Waals surface area contributed by atoms with Crippen LogP contribution in [-0.4, -0.2) is 74.5 Å². The van der Waals surface area contributed by atoms with Crippen LogP contribution in [0.2, 0.25) is 19.1 Å². The maximum Gasteiger partial charge on any atom is 0.315 e. The van der Waals surface area contributed by atoms with E-state index in [1.807, 2.05) is 19.1 Å². The van der Waals surface area contributed by atoms with Crippen molar-refractivity contribution in [3.05, 3.63) is 36.2 Å². The van der Waals surface area contributed by atoms with E-state index < -0.39 is 24.0 Å². The quantitative estimate of drug-likeness (QED) is 0.180. The van der Waals surface area contributed by atoms with E-state index in [0.29, 0.717) is 23.7 Å². The van der Waals surface area contributed by atoms with E-state index in [0.717, 1.165) is 42.7 Å². The summed E-state index contributed by atoms with van der Waals surface area (Å²) in [7, 11) is -2.64. The van der Waals surface area contributed by atoms with Crippen LogP contribution in [0.5, 0.6) is 5.88 Å². The summed E-state index contributed by atoms with van der Waals surface area (Å²) in [6, 6.07) is 6.38. The van der Waals surface area contributed by atoms with E-state index in [4.69, 9.17) is 14.2 Å². The molecule has 3 aromatic heterocycles. The SMILES string of the molecule is COC(=O)C1(COc2cc(C)c(-c3ccc(-c4nc(S(C)(=O)=O)n(COCC[Si](C)C)n4)cn3)cn2)CCC1. The number of methoxy groups -OCH3 is 1. The molecule has 1 saturated carbocycles. The second kappa shape index (κ2) is 11.9. The molecule has 13 heteroatoms. The molecule has 1 aliphatic carbocycles. The Morgan fingerprint density at radius 1 is 1.18 bits per heavy atom. The zero-order valence-corrected chi connectivity index (χ0v) is 24.7. The monoisotopic (exact) mass is 572 g/mol. The molecule has 0 N–H and O–H groups in total. The number of ether oxygens (including phenoxy) is 3. The van der Waals surface area contributed by atoms with Gasteiger partial charge in [-0.3, -0.25) is 9.78 Å². The Balaban J connectivity index is 1.47. The van der Waals surface area contributed by atoms with Crippen molar-refractivity contribution in [1.29, 1.82) is 0 Å². The molecule has 1 radical (unpaired) electrons. The van der Waals surface area contributed by atoms with Gasteiger partial charge >= 0.3 is 5.97 Å². The molecule has 0 amide bonds. The third-order valence-electron chi connectivity index (χ3n) is 6.74. The Hall–Kier alpha value is -3.16. The highest BCUT2D eigenvalue weighted by Gasteiger charge is 2.46. The first-order chi connectivity index (χ1) is 18.5. The summed E-state index contributed by atoms with van der Waals surface area (Å²) in [6.07, 6.45) is 6.86. The zero-order chi connectivity index (χ0) is 28.2. The zero-order valence-electron chi connectivity index (χ0n) is 22.9. The first-order valence-electron chi connectivity index (χ1n) is 12.7. The molecule has 0 atom stereocenters. The third kappa shape index (κ3) is 6.71. The maximum absolute atomic E-state index is 12.3. The van der Waals surface area contributed by atoms with Crippen molar-refractivity contribution >= 4 is 24.6 Å². The molecule has 0 unspecified atom stereocenters. The fraction of sp³-hybridized carbons (Fsp3) is 0.500. The van der Waals surface area contributed by atoms with E-state index in [-0.39, 0.29) is 30.3 Å². The third-order valence-corrected chi connectivity index (χ3v) is 8.91. The molecule has 39 heavy (non-hydrogen) atoms. The molecule has 1 fully saturated rings. The fourth-order valence-electron chi connectivity index (χ4n) is 4.24. The molecule has 11 nitrogen and oxygen atoms in total. The molecule has 4 rings (SSSR count). The molecular weight excluding hydrogens is 538 g/mol. The van der Waals surface area contributed by atoms with E-state index in [2.05, 4.69) is 33.1 Å². The van der Waals surface area contributed by atoms with Crippen molar-refractivity contribution in [2.45, 2.75) is 57.2 Å². The van der Waals surface area contributed by atoms with Gasteiger partial charge in [0.15, 0.2) is 5.82 Å². The molecule has 3 aromatic rings. The Morgan fingerprint density at radius 2 is 1.95 bits per heavy atom. The lowest BCUT2D eigenvalue weighted by Gasteiger charge is -2.38. The predicted molar refractivity (Wildman–Crippen MR) is 146 cm³/mol. The van der Waals surface area contributed by atoms with E-state index in [1.165, 1.54) is 11.8 Å². The van der Waals surface area contributed by atoms with Crippen LogP contribution in [0.25, 0.3) is 22.6 Å². The minimum Gasteiger partial charge on any atom is -0.476 e. The van der Waals surface area contributed by atoms with Crippen molar-refractivity contribution in [1.82, 2.24) is 24.7 Å². The van der Waals surface area contributed by atoms with Crippen molar-refractivity contribution in [2.75, 3.05) is 26.6 Å². The maximum atomic E-state index is 12.3. The van der Waals surface area contributed by atoms with Crippen LogP contribution in [-0.2, 0) is 30.8 Å². The summed E-state index contributed by atoms with van der Waals surface area (Å²) >= 11 is 0. The number of carbonyl (C=O) groups is 1. The minimum atomic E-state index is -3.60. The number of pyridine rings is 2. The van der Waals surface area contributed by atoms with Crippen LogP contribution in [0.3, 0.4) is 0 Å². The van der Waals surface area contributed by atoms with Crippen molar-refractivity contribution < 1.29 is 27.4 Å². The largest absolute Gasteiger partial charge is 0.476 e. The highest BCUT2D eigenvalue weighted by atomic mass is 32.2. The van der Waals surface area contributed by atoms with Gasteiger partial charge in [-0.05, 0) is 43.5 Å². The second-order valence-electron chi connectivity index (χ2n) is 10.2. The predicted octanol–water partition coefficient (Wildman–Crippen LogP) is 3.56. The van der Waals surface area contributed by atoms with Crippen molar-refractivity contribution in [2.24, 2.45) is 5.41 Å². The van der Waals surface area contributed by atoms with Crippen molar-refractivity contribution in [3.63, 3.8) is 0 Å². The lowest BCUT2D eigenvalue weighted by atomic mass is 9.69. The van der Waals surface area contributed by atoms with Gasteiger partial charge in [0.2, 0.25) is 20.9 Å². The summed E-state index contributed by atoms with van der Waals surface area (Å²) in [5, 5.41) is 4.23. The molecular formula is C26H34N5O6SSi. The number of sulfone groups is 1. The fourth-order valence-corrected chi connectivity index (χ4v) is 5.52. The summed E-state index contributed by atoms with van der Waals surface area (Å²) in [6.45, 7) is 7.10. The Bertz CT molecular complexity index is 1420. The molecule has 0 spiro atoms. The topological polar surface area (TPSA) is 135 Å². The highest BCUT2D eigenvalue weighted by Crippen LogP contribution is 2.42. The minimum absolute atomic E-state index is 0.0100. The average molecular weight is 573 g/mol.